The number of hydrogen-bond donors (Lipinski definition) is 0. The summed E-state index contributed by atoms with van der Waals surface area (Å²) < 4.78 is 0. The Bertz CT molecular complexity index is 1580. The highest BCUT2D eigenvalue weighted by Gasteiger charge is 2.63. The van der Waals surface area contributed by atoms with E-state index in [1.54, 1.807) is 71.8 Å². The van der Waals surface area contributed by atoms with Gasteiger partial charge in [-0.1, -0.05) is 71.2 Å². The summed E-state index contributed by atoms with van der Waals surface area (Å²) in [4.78, 5) is 57.7. The Morgan fingerprint density at radius 3 is 2.03 bits per heavy atom. The van der Waals surface area contributed by atoms with E-state index in [1.807, 2.05) is 6.07 Å². The maximum Gasteiger partial charge on any atom is 0.240 e. The highest BCUT2D eigenvalue weighted by Crippen LogP contribution is 2.47. The number of benzene rings is 3. The number of allylic oxidation sites excluding steroid dienone is 2. The number of rotatable bonds is 5. The van der Waals surface area contributed by atoms with Gasteiger partial charge in [-0.2, -0.15) is 0 Å². The van der Waals surface area contributed by atoms with Crippen LogP contribution in [0.2, 0.25) is 15.1 Å². The van der Waals surface area contributed by atoms with E-state index in [9.17, 15) is 19.2 Å². The molecule has 3 aliphatic heterocycles. The molecule has 3 aliphatic rings. The van der Waals surface area contributed by atoms with Crippen LogP contribution in [-0.2, 0) is 9.59 Å². The fourth-order valence-corrected chi connectivity index (χ4v) is 6.30. The Labute approximate surface area is 239 Å². The highest BCUT2D eigenvalue weighted by molar-refractivity contribution is 6.36. The Hall–Kier alpha value is -3.71. The summed E-state index contributed by atoms with van der Waals surface area (Å²) >= 11 is 18.4. The first-order valence-electron chi connectivity index (χ1n) is 12.2. The van der Waals surface area contributed by atoms with Crippen molar-refractivity contribution in [1.82, 2.24) is 4.90 Å². The Kier molecular flexibility index (Phi) is 6.42. The first-order valence-corrected chi connectivity index (χ1v) is 13.3. The largest absolute Gasteiger partial charge is 0.359 e. The maximum atomic E-state index is 13.9. The fraction of sp³-hybridized carbons (Fsp3) is 0.133. The van der Waals surface area contributed by atoms with Crippen LogP contribution in [0.15, 0.2) is 96.7 Å². The number of hydrogen-bond acceptors (Lipinski definition) is 5. The average molecular weight is 578 g/mol. The quantitative estimate of drug-likeness (QED) is 0.274. The normalized spacial score (nSPS) is 23.5. The van der Waals surface area contributed by atoms with Gasteiger partial charge in [-0.3, -0.25) is 19.2 Å². The van der Waals surface area contributed by atoms with Gasteiger partial charge in [0.2, 0.25) is 11.8 Å². The number of nitrogens with zero attached hydrogens (tertiary/aromatic N) is 2. The third-order valence-corrected chi connectivity index (χ3v) is 8.04. The van der Waals surface area contributed by atoms with Crippen molar-refractivity contribution < 1.29 is 19.2 Å². The number of carbonyl (C=O) groups is 4. The van der Waals surface area contributed by atoms with Crippen LogP contribution in [0.4, 0.5) is 5.69 Å². The first kappa shape index (κ1) is 25.6. The lowest BCUT2D eigenvalue weighted by atomic mass is 9.85. The van der Waals surface area contributed by atoms with Crippen LogP contribution in [0.3, 0.4) is 0 Å². The van der Waals surface area contributed by atoms with Crippen molar-refractivity contribution in [2.45, 2.75) is 12.1 Å². The minimum atomic E-state index is -0.990. The minimum Gasteiger partial charge on any atom is -0.359 e. The predicted octanol–water partition coefficient (Wildman–Crippen LogP) is 6.02. The summed E-state index contributed by atoms with van der Waals surface area (Å²) in [6.45, 7) is 0. The molecule has 6 nitrogen and oxygen atoms in total. The molecule has 0 unspecified atom stereocenters. The molecule has 0 radical (unpaired) electrons. The van der Waals surface area contributed by atoms with E-state index in [0.717, 1.165) is 4.90 Å². The van der Waals surface area contributed by atoms with Crippen molar-refractivity contribution in [3.63, 3.8) is 0 Å². The molecule has 0 spiro atoms. The van der Waals surface area contributed by atoms with Crippen molar-refractivity contribution in [3.05, 3.63) is 123 Å². The van der Waals surface area contributed by atoms with E-state index < -0.39 is 35.7 Å². The second-order valence-electron chi connectivity index (χ2n) is 9.58. The van der Waals surface area contributed by atoms with Crippen molar-refractivity contribution >= 4 is 63.9 Å². The number of anilines is 1. The maximum absolute atomic E-state index is 13.9. The zero-order valence-electron chi connectivity index (χ0n) is 20.1. The van der Waals surface area contributed by atoms with Crippen molar-refractivity contribution in [2.75, 3.05) is 4.90 Å². The molecule has 0 saturated carbocycles. The van der Waals surface area contributed by atoms with Crippen LogP contribution < -0.4 is 4.90 Å². The summed E-state index contributed by atoms with van der Waals surface area (Å²) in [6, 6.07) is 18.0. The lowest BCUT2D eigenvalue weighted by Gasteiger charge is -2.32. The fourth-order valence-electron chi connectivity index (χ4n) is 5.66. The van der Waals surface area contributed by atoms with Gasteiger partial charge in [0, 0.05) is 38.0 Å². The van der Waals surface area contributed by atoms with E-state index in [2.05, 4.69) is 0 Å². The molecule has 9 heteroatoms. The molecule has 2 amide bonds. The molecule has 0 aromatic heterocycles. The van der Waals surface area contributed by atoms with Crippen molar-refractivity contribution in [3.8, 4) is 0 Å². The molecular formula is C30H19Cl3N2O4. The zero-order chi connectivity index (χ0) is 27.4. The monoisotopic (exact) mass is 576 g/mol. The third kappa shape index (κ3) is 4.29. The molecule has 6 rings (SSSR count). The number of Topliss-reactive ketones (excluding diaryl/α,β-unsaturated/α-hetero) is 2. The molecule has 4 atom stereocenters. The Morgan fingerprint density at radius 1 is 0.718 bits per heavy atom. The van der Waals surface area contributed by atoms with E-state index in [0.29, 0.717) is 21.7 Å². The van der Waals surface area contributed by atoms with Gasteiger partial charge < -0.3 is 4.90 Å². The van der Waals surface area contributed by atoms with Crippen LogP contribution in [0.25, 0.3) is 0 Å². The number of halogens is 3. The molecule has 0 aliphatic carbocycles. The first-order chi connectivity index (χ1) is 18.7. The second kappa shape index (κ2) is 9.79. The minimum absolute atomic E-state index is 0.217. The van der Waals surface area contributed by atoms with Gasteiger partial charge in [0.05, 0.1) is 23.6 Å². The molecule has 194 valence electrons. The SMILES string of the molecule is O=C(C1=C[C@@H]2[C@H]3C(=O)N(c4cc(Cl)cc(Cl)c4)C(=O)[C@@H]3[C@H](C(=O)c3ccc(Cl)cc3)N2C=C1)c1ccccc1. The van der Waals surface area contributed by atoms with Gasteiger partial charge in [0.15, 0.2) is 11.6 Å². The number of imide groups is 1. The highest BCUT2D eigenvalue weighted by atomic mass is 35.5. The van der Waals surface area contributed by atoms with Crippen LogP contribution in [0.1, 0.15) is 20.7 Å². The molecule has 0 bridgehead atoms. The average Bonchev–Trinajstić information content (AvgIpc) is 3.39. The summed E-state index contributed by atoms with van der Waals surface area (Å²) in [5.74, 6) is -3.45. The van der Waals surface area contributed by atoms with Gasteiger partial charge in [-0.05, 0) is 48.5 Å². The van der Waals surface area contributed by atoms with Gasteiger partial charge in [0.1, 0.15) is 6.04 Å². The van der Waals surface area contributed by atoms with Gasteiger partial charge in [-0.15, -0.1) is 0 Å². The van der Waals surface area contributed by atoms with Gasteiger partial charge in [-0.25, -0.2) is 4.90 Å². The number of ketones is 2. The molecule has 2 saturated heterocycles. The second-order valence-corrected chi connectivity index (χ2v) is 10.9. The van der Waals surface area contributed by atoms with E-state index >= 15 is 0 Å². The number of amides is 2. The molecule has 3 heterocycles. The Balaban J connectivity index is 1.44. The van der Waals surface area contributed by atoms with E-state index in [4.69, 9.17) is 34.8 Å². The van der Waals surface area contributed by atoms with Crippen LogP contribution in [-0.4, -0.2) is 40.4 Å². The van der Waals surface area contributed by atoms with Crippen molar-refractivity contribution in [2.24, 2.45) is 11.8 Å². The molecule has 3 aromatic rings. The van der Waals surface area contributed by atoms with Crippen LogP contribution in [0.5, 0.6) is 0 Å². The summed E-state index contributed by atoms with van der Waals surface area (Å²) in [5.41, 5.74) is 1.47. The predicted molar refractivity (Wildman–Crippen MR) is 149 cm³/mol. The third-order valence-electron chi connectivity index (χ3n) is 7.35. The lowest BCUT2D eigenvalue weighted by Crippen LogP contribution is -2.46. The number of fused-ring (bicyclic) bond motifs is 3. The smallest absolute Gasteiger partial charge is 0.240 e. The summed E-state index contributed by atoms with van der Waals surface area (Å²) in [6.07, 6.45) is 4.94. The molecule has 0 N–H and O–H groups in total. The zero-order valence-corrected chi connectivity index (χ0v) is 22.4. The van der Waals surface area contributed by atoms with Crippen LogP contribution in [0, 0.1) is 11.8 Å². The number of carbonyl (C=O) groups excluding carboxylic acids is 4. The van der Waals surface area contributed by atoms with Gasteiger partial charge >= 0.3 is 0 Å². The topological polar surface area (TPSA) is 74.8 Å². The van der Waals surface area contributed by atoms with E-state index in [-0.39, 0.29) is 27.3 Å². The molecule has 39 heavy (non-hydrogen) atoms. The summed E-state index contributed by atoms with van der Waals surface area (Å²) in [5, 5.41) is 0.998. The van der Waals surface area contributed by atoms with Gasteiger partial charge in [0.25, 0.3) is 0 Å². The molecule has 2 fully saturated rings. The lowest BCUT2D eigenvalue weighted by molar-refractivity contribution is -0.123. The Morgan fingerprint density at radius 2 is 1.36 bits per heavy atom. The summed E-state index contributed by atoms with van der Waals surface area (Å²) in [7, 11) is 0. The molecular weight excluding hydrogens is 559 g/mol. The standard InChI is InChI=1S/C30H19Cl3N2O4/c31-19-8-6-17(7-9-19)28(37)26-25-24(29(38)35(30(25)39)22-14-20(32)13-21(33)15-22)23-12-18(10-11-34(23)26)27(36)16-4-2-1-3-5-16/h1-15,23-26H/t23-,24-,25+,26-/m1/s1. The molecule has 3 aromatic carbocycles. The van der Waals surface area contributed by atoms with E-state index in [1.165, 1.54) is 18.2 Å². The van der Waals surface area contributed by atoms with Crippen LogP contribution >= 0.6 is 34.8 Å². The van der Waals surface area contributed by atoms with Crippen molar-refractivity contribution in [1.29, 1.82) is 0 Å².